The molecule has 0 spiro atoms. The lowest BCUT2D eigenvalue weighted by Crippen LogP contribution is -2.29. The number of nitrogens with zero attached hydrogens (tertiary/aromatic N) is 4. The number of hydrogen-bond donors (Lipinski definition) is 2. The molecule has 4 aromatic rings. The number of hydrogen-bond acceptors (Lipinski definition) is 6. The van der Waals surface area contributed by atoms with Crippen molar-refractivity contribution in [3.8, 4) is 5.75 Å². The molecule has 0 amide bonds. The first kappa shape index (κ1) is 23.0. The Morgan fingerprint density at radius 3 is 2.56 bits per heavy atom. The lowest BCUT2D eigenvalue weighted by molar-refractivity contribution is 0.306. The molecule has 9 nitrogen and oxygen atoms in total. The molecule has 0 radical (unpaired) electrons. The van der Waals surface area contributed by atoms with Gasteiger partial charge in [-0.3, -0.25) is 14.3 Å². The largest absolute Gasteiger partial charge is 0.489 e. The minimum absolute atomic E-state index is 0.315. The van der Waals surface area contributed by atoms with E-state index in [1.54, 1.807) is 17.8 Å². The summed E-state index contributed by atoms with van der Waals surface area (Å²) in [6.07, 6.45) is 2.51. The topological polar surface area (TPSA) is 106 Å². The fraction of sp³-hybridized carbons (Fsp3) is 0.280. The SMILES string of the molecule is CC(C)CCn1c(NN=Cc2ccc(OCc3ccccc3)cc2)nc2c1c(=O)[nH]c(=O)n2C. The number of rotatable bonds is 9. The van der Waals surface area contributed by atoms with Gasteiger partial charge in [0, 0.05) is 13.6 Å². The molecule has 2 N–H and O–H groups in total. The quantitative estimate of drug-likeness (QED) is 0.294. The van der Waals surface area contributed by atoms with Crippen molar-refractivity contribution in [1.82, 2.24) is 19.1 Å². The third-order valence-electron chi connectivity index (χ3n) is 5.44. The van der Waals surface area contributed by atoms with Gasteiger partial charge in [0.2, 0.25) is 5.95 Å². The van der Waals surface area contributed by atoms with Crippen LogP contribution in [0.15, 0.2) is 69.3 Å². The standard InChI is InChI=1S/C25H28N6O3/c1-17(2)13-14-31-21-22(30(3)25(33)28-23(21)32)27-24(31)29-26-15-18-9-11-20(12-10-18)34-16-19-7-5-4-6-8-19/h4-12,15,17H,13-14,16H2,1-3H3,(H,27,29)(H,28,32,33). The van der Waals surface area contributed by atoms with Gasteiger partial charge >= 0.3 is 5.69 Å². The summed E-state index contributed by atoms with van der Waals surface area (Å²) < 4.78 is 8.91. The van der Waals surface area contributed by atoms with Gasteiger partial charge in [-0.05, 0) is 47.7 Å². The van der Waals surface area contributed by atoms with Crippen LogP contribution in [-0.4, -0.2) is 25.3 Å². The smallest absolute Gasteiger partial charge is 0.329 e. The van der Waals surface area contributed by atoms with Crippen LogP contribution in [0.5, 0.6) is 5.75 Å². The van der Waals surface area contributed by atoms with E-state index in [1.165, 1.54) is 4.57 Å². The molecular formula is C25H28N6O3. The Bertz CT molecular complexity index is 1400. The molecule has 0 atom stereocenters. The van der Waals surface area contributed by atoms with Gasteiger partial charge in [-0.25, -0.2) is 10.2 Å². The maximum atomic E-state index is 12.5. The van der Waals surface area contributed by atoms with Crippen LogP contribution < -0.4 is 21.4 Å². The highest BCUT2D eigenvalue weighted by Crippen LogP contribution is 2.18. The Balaban J connectivity index is 1.50. The van der Waals surface area contributed by atoms with E-state index < -0.39 is 11.2 Å². The second-order valence-corrected chi connectivity index (χ2v) is 8.47. The summed E-state index contributed by atoms with van der Waals surface area (Å²) in [5.74, 6) is 1.61. The summed E-state index contributed by atoms with van der Waals surface area (Å²) in [5, 5.41) is 4.30. The number of aryl methyl sites for hydroxylation is 2. The maximum absolute atomic E-state index is 12.5. The molecule has 0 saturated heterocycles. The molecule has 176 valence electrons. The number of imidazole rings is 1. The predicted molar refractivity (Wildman–Crippen MR) is 133 cm³/mol. The third kappa shape index (κ3) is 5.25. The Morgan fingerprint density at radius 2 is 1.85 bits per heavy atom. The Hall–Kier alpha value is -4.14. The number of benzene rings is 2. The van der Waals surface area contributed by atoms with Crippen molar-refractivity contribution < 1.29 is 4.74 Å². The molecule has 0 aliphatic carbocycles. The van der Waals surface area contributed by atoms with Gasteiger partial charge < -0.3 is 9.30 Å². The second kappa shape index (κ2) is 10.2. The molecule has 2 aromatic heterocycles. The van der Waals surface area contributed by atoms with Crippen molar-refractivity contribution in [2.24, 2.45) is 18.1 Å². The highest BCUT2D eigenvalue weighted by Gasteiger charge is 2.17. The van der Waals surface area contributed by atoms with E-state index in [-0.39, 0.29) is 0 Å². The molecule has 2 aromatic carbocycles. The molecule has 0 saturated carbocycles. The van der Waals surface area contributed by atoms with Crippen molar-refractivity contribution >= 4 is 23.3 Å². The predicted octanol–water partition coefficient (Wildman–Crippen LogP) is 3.49. The Kier molecular flexibility index (Phi) is 6.91. The Labute approximate surface area is 196 Å². The minimum Gasteiger partial charge on any atom is -0.489 e. The van der Waals surface area contributed by atoms with Crippen molar-refractivity contribution in [1.29, 1.82) is 0 Å². The van der Waals surface area contributed by atoms with Gasteiger partial charge in [0.25, 0.3) is 5.56 Å². The van der Waals surface area contributed by atoms with E-state index in [2.05, 4.69) is 34.3 Å². The summed E-state index contributed by atoms with van der Waals surface area (Å²) in [6.45, 7) is 5.29. The van der Waals surface area contributed by atoms with Crippen LogP contribution >= 0.6 is 0 Å². The number of ether oxygens (including phenoxy) is 1. The number of aromatic nitrogens is 4. The number of fused-ring (bicyclic) bond motifs is 1. The molecular weight excluding hydrogens is 432 g/mol. The summed E-state index contributed by atoms with van der Waals surface area (Å²) in [6, 6.07) is 17.6. The number of aromatic amines is 1. The molecule has 0 aliphatic heterocycles. The van der Waals surface area contributed by atoms with Gasteiger partial charge in [0.1, 0.15) is 12.4 Å². The van der Waals surface area contributed by atoms with Crippen LogP contribution in [0.4, 0.5) is 5.95 Å². The van der Waals surface area contributed by atoms with E-state index in [0.717, 1.165) is 23.3 Å². The van der Waals surface area contributed by atoms with E-state index >= 15 is 0 Å². The van der Waals surface area contributed by atoms with E-state index in [9.17, 15) is 9.59 Å². The van der Waals surface area contributed by atoms with Crippen LogP contribution in [0.3, 0.4) is 0 Å². The second-order valence-electron chi connectivity index (χ2n) is 8.47. The summed E-state index contributed by atoms with van der Waals surface area (Å²) in [5.41, 5.74) is 4.61. The van der Waals surface area contributed by atoms with Crippen molar-refractivity contribution in [2.75, 3.05) is 5.43 Å². The highest BCUT2D eigenvalue weighted by atomic mass is 16.5. The van der Waals surface area contributed by atoms with Crippen LogP contribution in [0, 0.1) is 5.92 Å². The number of H-pyrrole nitrogens is 1. The van der Waals surface area contributed by atoms with Crippen molar-refractivity contribution in [3.63, 3.8) is 0 Å². The van der Waals surface area contributed by atoms with Crippen LogP contribution in [0.25, 0.3) is 11.2 Å². The molecule has 0 fully saturated rings. The summed E-state index contributed by atoms with van der Waals surface area (Å²) >= 11 is 0. The monoisotopic (exact) mass is 460 g/mol. The average molecular weight is 461 g/mol. The van der Waals surface area contributed by atoms with Crippen LogP contribution in [0.2, 0.25) is 0 Å². The number of hydrazone groups is 1. The number of anilines is 1. The highest BCUT2D eigenvalue weighted by molar-refractivity contribution is 5.80. The van der Waals surface area contributed by atoms with Gasteiger partial charge in [-0.1, -0.05) is 44.2 Å². The molecule has 0 aliphatic rings. The fourth-order valence-electron chi connectivity index (χ4n) is 3.48. The molecule has 9 heteroatoms. The van der Waals surface area contributed by atoms with Gasteiger partial charge in [-0.2, -0.15) is 10.1 Å². The van der Waals surface area contributed by atoms with E-state index in [0.29, 0.717) is 36.2 Å². The van der Waals surface area contributed by atoms with Gasteiger partial charge in [0.05, 0.1) is 6.21 Å². The first-order valence-electron chi connectivity index (χ1n) is 11.2. The van der Waals surface area contributed by atoms with E-state index in [1.807, 2.05) is 54.6 Å². The van der Waals surface area contributed by atoms with Gasteiger partial charge in [-0.15, -0.1) is 0 Å². The first-order valence-corrected chi connectivity index (χ1v) is 11.2. The first-order chi connectivity index (χ1) is 16.4. The Morgan fingerprint density at radius 1 is 1.12 bits per heavy atom. The molecule has 2 heterocycles. The van der Waals surface area contributed by atoms with Crippen LogP contribution in [-0.2, 0) is 20.2 Å². The molecule has 0 bridgehead atoms. The summed E-state index contributed by atoms with van der Waals surface area (Å²) in [4.78, 5) is 31.3. The lowest BCUT2D eigenvalue weighted by Gasteiger charge is -2.09. The number of nitrogens with one attached hydrogen (secondary N) is 2. The van der Waals surface area contributed by atoms with Crippen molar-refractivity contribution in [3.05, 3.63) is 86.6 Å². The zero-order chi connectivity index (χ0) is 24.1. The van der Waals surface area contributed by atoms with Crippen molar-refractivity contribution in [2.45, 2.75) is 33.4 Å². The average Bonchev–Trinajstić information content (AvgIpc) is 3.20. The third-order valence-corrected chi connectivity index (χ3v) is 5.44. The fourth-order valence-corrected chi connectivity index (χ4v) is 3.48. The molecule has 34 heavy (non-hydrogen) atoms. The van der Waals surface area contributed by atoms with Gasteiger partial charge in [0.15, 0.2) is 11.2 Å². The summed E-state index contributed by atoms with van der Waals surface area (Å²) in [7, 11) is 1.58. The normalized spacial score (nSPS) is 11.5. The molecule has 0 unspecified atom stereocenters. The maximum Gasteiger partial charge on any atom is 0.329 e. The van der Waals surface area contributed by atoms with E-state index in [4.69, 9.17) is 4.74 Å². The zero-order valence-electron chi connectivity index (χ0n) is 19.5. The lowest BCUT2D eigenvalue weighted by atomic mass is 10.1. The van der Waals surface area contributed by atoms with Crippen LogP contribution in [0.1, 0.15) is 31.4 Å². The minimum atomic E-state index is -0.504. The zero-order valence-corrected chi connectivity index (χ0v) is 19.5. The molecule has 4 rings (SSSR count).